The number of thiophene rings is 1. The van der Waals surface area contributed by atoms with Gasteiger partial charge in [-0.25, -0.2) is 0 Å². The second-order valence-corrected chi connectivity index (χ2v) is 5.79. The Morgan fingerprint density at radius 2 is 2.23 bits per heavy atom. The minimum Gasteiger partial charge on any atom is -0.389 e. The molecule has 0 aromatic carbocycles. The number of nitrogens with two attached hydrogens (primary N) is 1. The minimum absolute atomic E-state index is 0.121. The number of aromatic nitrogens is 1. The molecule has 0 aliphatic carbocycles. The van der Waals surface area contributed by atoms with E-state index >= 15 is 0 Å². The number of nitrogens with zero attached hydrogens (tertiary/aromatic N) is 1. The van der Waals surface area contributed by atoms with Gasteiger partial charge >= 0.3 is 10.1 Å². The van der Waals surface area contributed by atoms with Crippen LogP contribution in [0.5, 0.6) is 0 Å². The zero-order valence-corrected chi connectivity index (χ0v) is 8.54. The van der Waals surface area contributed by atoms with Gasteiger partial charge in [0.2, 0.25) is 0 Å². The monoisotopic (exact) mass is 236 g/mol. The molecule has 2 heterocycles. The van der Waals surface area contributed by atoms with Gasteiger partial charge in [-0.2, -0.15) is 12.8 Å². The van der Waals surface area contributed by atoms with E-state index in [-0.39, 0.29) is 4.21 Å². The van der Waals surface area contributed by atoms with Gasteiger partial charge in [-0.15, -0.1) is 11.3 Å². The maximum atomic E-state index is 10.7. The summed E-state index contributed by atoms with van der Waals surface area (Å²) in [5.74, 6) is 0. The first kappa shape index (κ1) is 8.88. The molecule has 13 heavy (non-hydrogen) atoms. The van der Waals surface area contributed by atoms with Crippen molar-refractivity contribution < 1.29 is 13.0 Å². The van der Waals surface area contributed by atoms with Crippen molar-refractivity contribution in [3.05, 3.63) is 6.07 Å². The standard InChI is InChI=1S/C5H4N2O3S3/c6-4-2-1-3(13(8,9)10)11-5(2)7-12-4/h1H,6H2,(H,8,9,10). The van der Waals surface area contributed by atoms with Gasteiger partial charge in [-0.1, -0.05) is 0 Å². The highest BCUT2D eigenvalue weighted by atomic mass is 32.3. The molecular formula is C5H4N2O3S3. The third-order valence-corrected chi connectivity index (χ3v) is 4.57. The zero-order valence-electron chi connectivity index (χ0n) is 6.09. The van der Waals surface area contributed by atoms with E-state index in [0.717, 1.165) is 22.9 Å². The highest BCUT2D eigenvalue weighted by molar-refractivity contribution is 7.88. The molecule has 0 atom stereocenters. The molecule has 0 saturated heterocycles. The van der Waals surface area contributed by atoms with Crippen molar-refractivity contribution in [1.29, 1.82) is 0 Å². The molecule has 0 bridgehead atoms. The highest BCUT2D eigenvalue weighted by Gasteiger charge is 2.16. The fourth-order valence-electron chi connectivity index (χ4n) is 0.871. The number of fused-ring (bicyclic) bond motifs is 1. The van der Waals surface area contributed by atoms with Gasteiger partial charge in [0.1, 0.15) is 14.0 Å². The van der Waals surface area contributed by atoms with E-state index in [0.29, 0.717) is 15.2 Å². The van der Waals surface area contributed by atoms with Crippen LogP contribution in [-0.2, 0) is 10.1 Å². The summed E-state index contributed by atoms with van der Waals surface area (Å²) in [6, 6.07) is 1.33. The maximum absolute atomic E-state index is 10.7. The highest BCUT2D eigenvalue weighted by Crippen LogP contribution is 2.33. The van der Waals surface area contributed by atoms with Gasteiger partial charge in [0.15, 0.2) is 0 Å². The van der Waals surface area contributed by atoms with Crippen LogP contribution in [0.25, 0.3) is 10.2 Å². The van der Waals surface area contributed by atoms with Gasteiger partial charge in [0, 0.05) is 5.39 Å². The molecule has 2 rings (SSSR count). The lowest BCUT2D eigenvalue weighted by molar-refractivity contribution is 0.485. The number of hydrogen-bond acceptors (Lipinski definition) is 6. The van der Waals surface area contributed by atoms with Crippen LogP contribution >= 0.6 is 22.9 Å². The predicted octanol–water partition coefficient (Wildman–Crippen LogP) is 1.19. The van der Waals surface area contributed by atoms with Crippen LogP contribution in [0.2, 0.25) is 0 Å². The molecule has 0 saturated carbocycles. The summed E-state index contributed by atoms with van der Waals surface area (Å²) in [4.78, 5) is 0.537. The normalized spacial score (nSPS) is 12.4. The van der Waals surface area contributed by atoms with Crippen LogP contribution in [0.15, 0.2) is 10.3 Å². The molecule has 2 aromatic heterocycles. The van der Waals surface area contributed by atoms with E-state index in [9.17, 15) is 8.42 Å². The topological polar surface area (TPSA) is 93.3 Å². The summed E-state index contributed by atoms with van der Waals surface area (Å²) in [6.07, 6.45) is 0. The van der Waals surface area contributed by atoms with Crippen LogP contribution in [0.1, 0.15) is 0 Å². The average Bonchev–Trinajstić information content (AvgIpc) is 2.51. The molecule has 0 aliphatic heterocycles. The average molecular weight is 236 g/mol. The SMILES string of the molecule is Nc1snc2sc(S(=O)(=O)O)cc12. The van der Waals surface area contributed by atoms with Crippen LogP contribution in [0.4, 0.5) is 5.00 Å². The molecule has 5 nitrogen and oxygen atoms in total. The fraction of sp³-hybridized carbons (Fsp3) is 0. The summed E-state index contributed by atoms with van der Waals surface area (Å²) < 4.78 is 33.9. The summed E-state index contributed by atoms with van der Waals surface area (Å²) in [7, 11) is -4.12. The molecule has 0 radical (unpaired) electrons. The molecule has 2 aromatic rings. The second kappa shape index (κ2) is 2.64. The molecule has 8 heteroatoms. The lowest BCUT2D eigenvalue weighted by atomic mass is 10.4. The lowest BCUT2D eigenvalue weighted by Gasteiger charge is -1.86. The first-order valence-corrected chi connectivity index (χ1v) is 6.13. The summed E-state index contributed by atoms with van der Waals surface area (Å²) >= 11 is 2.01. The molecule has 70 valence electrons. The Balaban J connectivity index is 2.77. The van der Waals surface area contributed by atoms with Gasteiger partial charge in [-0.3, -0.25) is 4.55 Å². The maximum Gasteiger partial charge on any atom is 0.304 e. The van der Waals surface area contributed by atoms with E-state index in [1.54, 1.807) is 0 Å². The van der Waals surface area contributed by atoms with Crippen LogP contribution < -0.4 is 5.73 Å². The molecule has 3 N–H and O–H groups in total. The predicted molar refractivity (Wildman–Crippen MR) is 51.7 cm³/mol. The van der Waals surface area contributed by atoms with Gasteiger partial charge in [0.25, 0.3) is 0 Å². The van der Waals surface area contributed by atoms with Crippen molar-refractivity contribution in [3.63, 3.8) is 0 Å². The van der Waals surface area contributed by atoms with Gasteiger partial charge in [-0.05, 0) is 17.6 Å². The Hall–Kier alpha value is -0.700. The molecule has 0 spiro atoms. The minimum atomic E-state index is -4.12. The van der Waals surface area contributed by atoms with E-state index in [4.69, 9.17) is 10.3 Å². The van der Waals surface area contributed by atoms with Crippen LogP contribution in [0, 0.1) is 0 Å². The number of hydrogen-bond donors (Lipinski definition) is 2. The second-order valence-electron chi connectivity index (χ2n) is 2.31. The number of anilines is 1. The van der Waals surface area contributed by atoms with Crippen LogP contribution in [-0.4, -0.2) is 17.3 Å². The van der Waals surface area contributed by atoms with E-state index < -0.39 is 10.1 Å². The van der Waals surface area contributed by atoms with E-state index in [1.165, 1.54) is 6.07 Å². The fourth-order valence-corrected chi connectivity index (χ4v) is 3.30. The smallest absolute Gasteiger partial charge is 0.304 e. The Kier molecular flexibility index (Phi) is 1.80. The Labute approximate surface area is 81.7 Å². The molecule has 0 unspecified atom stereocenters. The van der Waals surface area contributed by atoms with Crippen molar-refractivity contribution in [2.24, 2.45) is 0 Å². The molecule has 0 amide bonds. The largest absolute Gasteiger partial charge is 0.389 e. The number of nitrogen functional groups attached to an aromatic ring is 1. The van der Waals surface area contributed by atoms with Crippen molar-refractivity contribution in [2.75, 3.05) is 5.73 Å². The van der Waals surface area contributed by atoms with Crippen molar-refractivity contribution in [3.8, 4) is 0 Å². The molecular weight excluding hydrogens is 232 g/mol. The quantitative estimate of drug-likeness (QED) is 0.725. The zero-order chi connectivity index (χ0) is 9.64. The van der Waals surface area contributed by atoms with Gasteiger partial charge in [0.05, 0.1) is 0 Å². The Morgan fingerprint density at radius 1 is 1.54 bits per heavy atom. The molecule has 0 fully saturated rings. The lowest BCUT2D eigenvalue weighted by Crippen LogP contribution is -1.93. The van der Waals surface area contributed by atoms with Crippen LogP contribution in [0.3, 0.4) is 0 Å². The third kappa shape index (κ3) is 1.41. The third-order valence-electron chi connectivity index (χ3n) is 1.44. The molecule has 0 aliphatic rings. The van der Waals surface area contributed by atoms with E-state index in [2.05, 4.69) is 4.37 Å². The first-order valence-electron chi connectivity index (χ1n) is 3.10. The number of rotatable bonds is 1. The van der Waals surface area contributed by atoms with E-state index in [1.807, 2.05) is 0 Å². The first-order chi connectivity index (χ1) is 5.98. The summed E-state index contributed by atoms with van der Waals surface area (Å²) in [6.45, 7) is 0. The Bertz CT molecular complexity index is 553. The van der Waals surface area contributed by atoms with Crippen molar-refractivity contribution >= 4 is 48.2 Å². The van der Waals surface area contributed by atoms with Crippen molar-refractivity contribution in [1.82, 2.24) is 4.37 Å². The summed E-state index contributed by atoms with van der Waals surface area (Å²) in [5.41, 5.74) is 5.52. The summed E-state index contributed by atoms with van der Waals surface area (Å²) in [5, 5.41) is 1.05. The van der Waals surface area contributed by atoms with Gasteiger partial charge < -0.3 is 5.73 Å². The Morgan fingerprint density at radius 3 is 2.77 bits per heavy atom. The van der Waals surface area contributed by atoms with Crippen molar-refractivity contribution in [2.45, 2.75) is 4.21 Å².